The number of anilines is 1. The minimum atomic E-state index is -0.683. The number of carbonyl (C=O) groups is 1. The zero-order chi connectivity index (χ0) is 21.7. The maximum Gasteiger partial charge on any atom is 0.270 e. The molecule has 0 unspecified atom stereocenters. The van der Waals surface area contributed by atoms with Gasteiger partial charge in [-0.1, -0.05) is 12.1 Å². The fourth-order valence-electron chi connectivity index (χ4n) is 3.41. The number of allylic oxidation sites excluding steroid dienone is 1. The van der Waals surface area contributed by atoms with Gasteiger partial charge in [-0.15, -0.1) is 0 Å². The highest BCUT2D eigenvalue weighted by Crippen LogP contribution is 2.30. The molecule has 0 aliphatic carbocycles. The lowest BCUT2D eigenvalue weighted by molar-refractivity contribution is -0.385. The van der Waals surface area contributed by atoms with Crippen molar-refractivity contribution < 1.29 is 14.6 Å². The van der Waals surface area contributed by atoms with Crippen LogP contribution in [0.15, 0.2) is 48.0 Å². The molecule has 3 rings (SSSR count). The van der Waals surface area contributed by atoms with Crippen LogP contribution in [-0.4, -0.2) is 28.7 Å². The minimum Gasteiger partial charge on any atom is -0.371 e. The topological polar surface area (TPSA) is 130 Å². The van der Waals surface area contributed by atoms with Crippen LogP contribution in [0, 0.1) is 31.6 Å². The number of hydrogen-bond acceptors (Lipinski definition) is 7. The van der Waals surface area contributed by atoms with E-state index in [1.54, 1.807) is 6.07 Å². The molecule has 152 valence electrons. The van der Waals surface area contributed by atoms with Crippen LogP contribution >= 0.6 is 0 Å². The van der Waals surface area contributed by atoms with Crippen LogP contribution in [0.4, 0.5) is 17.1 Å². The largest absolute Gasteiger partial charge is 0.371 e. The first kappa shape index (κ1) is 20.7. The van der Waals surface area contributed by atoms with E-state index in [0.717, 1.165) is 38.4 Å². The Hall–Kier alpha value is -4.06. The minimum absolute atomic E-state index is 0.00181. The molecule has 30 heavy (non-hydrogen) atoms. The fraction of sp³-hybridized carbons (Fsp3) is 0.238. The van der Waals surface area contributed by atoms with Crippen molar-refractivity contribution in [3.05, 3.63) is 79.4 Å². The molecule has 0 spiro atoms. The summed E-state index contributed by atoms with van der Waals surface area (Å²) >= 11 is 0. The van der Waals surface area contributed by atoms with Crippen LogP contribution in [0.25, 0.3) is 6.08 Å². The van der Waals surface area contributed by atoms with E-state index in [1.165, 1.54) is 36.4 Å². The zero-order valence-electron chi connectivity index (χ0n) is 16.0. The lowest BCUT2D eigenvalue weighted by atomic mass is 9.99. The van der Waals surface area contributed by atoms with Crippen LogP contribution < -0.4 is 4.90 Å². The second-order valence-electron chi connectivity index (χ2n) is 6.85. The SMILES string of the molecule is N#C/C(=C/c1cc([N+](=O)[O-])ccc1N1CCCCC1)C(=O)c1cccc([N+](=O)[O-])c1. The predicted octanol–water partition coefficient (Wildman–Crippen LogP) is 4.28. The van der Waals surface area contributed by atoms with Gasteiger partial charge in [-0.3, -0.25) is 25.0 Å². The third-order valence-corrected chi connectivity index (χ3v) is 4.90. The second kappa shape index (κ2) is 8.96. The molecule has 1 fully saturated rings. The molecule has 9 heteroatoms. The molecule has 1 heterocycles. The van der Waals surface area contributed by atoms with Crippen molar-refractivity contribution in [1.29, 1.82) is 5.26 Å². The van der Waals surface area contributed by atoms with Crippen molar-refractivity contribution in [3.63, 3.8) is 0 Å². The number of Topliss-reactive ketones (excluding diaryl/α,β-unsaturated/α-hetero) is 1. The average molecular weight is 406 g/mol. The highest BCUT2D eigenvalue weighted by molar-refractivity contribution is 6.14. The Balaban J connectivity index is 2.05. The van der Waals surface area contributed by atoms with Crippen LogP contribution in [0.5, 0.6) is 0 Å². The van der Waals surface area contributed by atoms with E-state index in [1.807, 2.05) is 6.07 Å². The predicted molar refractivity (Wildman–Crippen MR) is 110 cm³/mol. The Morgan fingerprint density at radius 3 is 2.30 bits per heavy atom. The van der Waals surface area contributed by atoms with Crippen molar-refractivity contribution in [2.75, 3.05) is 18.0 Å². The first-order valence-corrected chi connectivity index (χ1v) is 9.35. The molecule has 0 amide bonds. The van der Waals surface area contributed by atoms with E-state index in [0.29, 0.717) is 11.3 Å². The van der Waals surface area contributed by atoms with Gasteiger partial charge < -0.3 is 4.90 Å². The van der Waals surface area contributed by atoms with Crippen molar-refractivity contribution in [1.82, 2.24) is 0 Å². The summed E-state index contributed by atoms with van der Waals surface area (Å²) in [5.74, 6) is -0.683. The van der Waals surface area contributed by atoms with Crippen molar-refractivity contribution in [2.24, 2.45) is 0 Å². The summed E-state index contributed by atoms with van der Waals surface area (Å²) in [7, 11) is 0. The molecule has 2 aromatic rings. The number of nitrogens with zero attached hydrogens (tertiary/aromatic N) is 4. The molecule has 1 aliphatic rings. The van der Waals surface area contributed by atoms with Gasteiger partial charge >= 0.3 is 0 Å². The van der Waals surface area contributed by atoms with E-state index in [2.05, 4.69) is 4.90 Å². The Labute approximate surface area is 172 Å². The zero-order valence-corrected chi connectivity index (χ0v) is 16.0. The highest BCUT2D eigenvalue weighted by Gasteiger charge is 2.20. The summed E-state index contributed by atoms with van der Waals surface area (Å²) in [6.45, 7) is 1.55. The molecule has 0 aromatic heterocycles. The Morgan fingerprint density at radius 1 is 1.00 bits per heavy atom. The van der Waals surface area contributed by atoms with E-state index in [4.69, 9.17) is 0 Å². The summed E-state index contributed by atoms with van der Waals surface area (Å²) in [4.78, 5) is 35.9. The monoisotopic (exact) mass is 406 g/mol. The van der Waals surface area contributed by atoms with Crippen LogP contribution in [0.1, 0.15) is 35.2 Å². The quantitative estimate of drug-likeness (QED) is 0.230. The Bertz CT molecular complexity index is 1080. The maximum absolute atomic E-state index is 12.8. The third-order valence-electron chi connectivity index (χ3n) is 4.90. The summed E-state index contributed by atoms with van der Waals surface area (Å²) in [6, 6.07) is 11.3. The number of non-ortho nitro benzene ring substituents is 2. The molecular formula is C21H18N4O5. The standard InChI is InChI=1S/C21H18N4O5/c22-14-17(21(26)15-5-4-6-18(12-15)24(27)28)11-16-13-19(25(29)30)7-8-20(16)23-9-2-1-3-10-23/h4-8,11-13H,1-3,9-10H2/b17-11-. The van der Waals surface area contributed by atoms with E-state index in [9.17, 15) is 30.3 Å². The molecule has 0 N–H and O–H groups in total. The van der Waals surface area contributed by atoms with Crippen LogP contribution in [0.3, 0.4) is 0 Å². The lowest BCUT2D eigenvalue weighted by Gasteiger charge is -2.30. The second-order valence-corrected chi connectivity index (χ2v) is 6.85. The molecule has 9 nitrogen and oxygen atoms in total. The number of benzene rings is 2. The van der Waals surface area contributed by atoms with Gasteiger partial charge in [0.15, 0.2) is 0 Å². The van der Waals surface area contributed by atoms with Crippen molar-refractivity contribution in [2.45, 2.75) is 19.3 Å². The summed E-state index contributed by atoms with van der Waals surface area (Å²) < 4.78 is 0. The highest BCUT2D eigenvalue weighted by atomic mass is 16.6. The molecule has 1 saturated heterocycles. The molecule has 2 aromatic carbocycles. The third kappa shape index (κ3) is 4.50. The number of piperidine rings is 1. The summed E-state index contributed by atoms with van der Waals surface area (Å²) in [5.41, 5.74) is 0.433. The number of hydrogen-bond donors (Lipinski definition) is 0. The first-order valence-electron chi connectivity index (χ1n) is 9.35. The van der Waals surface area contributed by atoms with Gasteiger partial charge in [0.25, 0.3) is 11.4 Å². The van der Waals surface area contributed by atoms with Gasteiger partial charge in [-0.05, 0) is 31.4 Å². The van der Waals surface area contributed by atoms with E-state index >= 15 is 0 Å². The van der Waals surface area contributed by atoms with Gasteiger partial charge in [-0.25, -0.2) is 0 Å². The van der Waals surface area contributed by atoms with Gasteiger partial charge in [0.05, 0.1) is 9.85 Å². The molecular weight excluding hydrogens is 388 g/mol. The van der Waals surface area contributed by atoms with E-state index in [-0.39, 0.29) is 22.5 Å². The van der Waals surface area contributed by atoms with Gasteiger partial charge in [0, 0.05) is 54.2 Å². The summed E-state index contributed by atoms with van der Waals surface area (Å²) in [5, 5.41) is 31.8. The van der Waals surface area contributed by atoms with Crippen molar-refractivity contribution in [3.8, 4) is 6.07 Å². The number of nitro benzene ring substituents is 2. The van der Waals surface area contributed by atoms with Gasteiger partial charge in [0.1, 0.15) is 11.6 Å². The number of nitriles is 1. The van der Waals surface area contributed by atoms with Crippen molar-refractivity contribution >= 4 is 28.9 Å². The number of nitro groups is 2. The molecule has 0 radical (unpaired) electrons. The number of carbonyl (C=O) groups excluding carboxylic acids is 1. The lowest BCUT2D eigenvalue weighted by Crippen LogP contribution is -2.30. The molecule has 0 saturated carbocycles. The number of rotatable bonds is 6. The summed E-state index contributed by atoms with van der Waals surface area (Å²) in [6.07, 6.45) is 4.39. The van der Waals surface area contributed by atoms with E-state index < -0.39 is 15.6 Å². The average Bonchev–Trinajstić information content (AvgIpc) is 2.77. The van der Waals surface area contributed by atoms with Crippen LogP contribution in [-0.2, 0) is 0 Å². The molecule has 0 bridgehead atoms. The Kier molecular flexibility index (Phi) is 6.17. The normalized spacial score (nSPS) is 14.1. The smallest absolute Gasteiger partial charge is 0.270 e. The Morgan fingerprint density at radius 2 is 1.67 bits per heavy atom. The fourth-order valence-corrected chi connectivity index (χ4v) is 3.41. The van der Waals surface area contributed by atoms with Crippen LogP contribution in [0.2, 0.25) is 0 Å². The maximum atomic E-state index is 12.8. The first-order chi connectivity index (χ1) is 14.4. The molecule has 1 aliphatic heterocycles. The van der Waals surface area contributed by atoms with Gasteiger partial charge in [0.2, 0.25) is 5.78 Å². The molecule has 0 atom stereocenters. The van der Waals surface area contributed by atoms with Gasteiger partial charge in [-0.2, -0.15) is 5.26 Å². The number of ketones is 1.